The van der Waals surface area contributed by atoms with E-state index in [0.29, 0.717) is 10.8 Å². The Labute approximate surface area is 95.8 Å². The summed E-state index contributed by atoms with van der Waals surface area (Å²) in [5.74, 6) is -1.01. The first-order valence-corrected chi connectivity index (χ1v) is 5.41. The quantitative estimate of drug-likeness (QED) is 0.853. The molecule has 0 saturated heterocycles. The summed E-state index contributed by atoms with van der Waals surface area (Å²) in [4.78, 5) is 18.9. The monoisotopic (exact) mass is 235 g/mol. The predicted molar refractivity (Wildman–Crippen MR) is 61.3 cm³/mol. The van der Waals surface area contributed by atoms with Crippen molar-refractivity contribution in [3.05, 3.63) is 35.1 Å². The fraction of sp³-hybridized carbons (Fsp3) is 0.100. The summed E-state index contributed by atoms with van der Waals surface area (Å²) < 4.78 is 0. The van der Waals surface area contributed by atoms with Crippen LogP contribution in [-0.2, 0) is 0 Å². The van der Waals surface area contributed by atoms with Gasteiger partial charge >= 0.3 is 5.97 Å². The van der Waals surface area contributed by atoms with Gasteiger partial charge in [0.2, 0.25) is 0 Å². The van der Waals surface area contributed by atoms with E-state index in [1.807, 2.05) is 12.3 Å². The number of aromatic carboxylic acids is 1. The highest BCUT2D eigenvalue weighted by atomic mass is 32.1. The largest absolute Gasteiger partial charge is 0.478 e. The number of hydrogen-bond donors (Lipinski definition) is 2. The minimum Gasteiger partial charge on any atom is -0.478 e. The molecule has 82 valence electrons. The normalized spacial score (nSPS) is 10.1. The zero-order valence-electron chi connectivity index (χ0n) is 8.47. The van der Waals surface area contributed by atoms with Gasteiger partial charge in [0.1, 0.15) is 5.56 Å². The van der Waals surface area contributed by atoms with Gasteiger partial charge in [-0.3, -0.25) is 4.98 Å². The van der Waals surface area contributed by atoms with Crippen molar-refractivity contribution in [1.29, 1.82) is 0 Å². The van der Waals surface area contributed by atoms with Crippen LogP contribution in [0.5, 0.6) is 0 Å². The van der Waals surface area contributed by atoms with Crippen molar-refractivity contribution < 1.29 is 9.90 Å². The number of rotatable bonds is 3. The lowest BCUT2D eigenvalue weighted by Gasteiger charge is -2.05. The molecule has 0 spiro atoms. The maximum Gasteiger partial charge on any atom is 0.339 e. The van der Waals surface area contributed by atoms with Crippen LogP contribution >= 0.6 is 11.3 Å². The number of thiazole rings is 1. The molecule has 0 unspecified atom stereocenters. The second-order valence-electron chi connectivity index (χ2n) is 3.15. The summed E-state index contributed by atoms with van der Waals surface area (Å²) in [6, 6.07) is 1.61. The lowest BCUT2D eigenvalue weighted by molar-refractivity contribution is 0.0697. The first kappa shape index (κ1) is 10.6. The van der Waals surface area contributed by atoms with Crippen LogP contribution in [0.2, 0.25) is 0 Å². The number of aryl methyl sites for hydroxylation is 1. The van der Waals surface area contributed by atoms with E-state index in [-0.39, 0.29) is 5.56 Å². The smallest absolute Gasteiger partial charge is 0.339 e. The van der Waals surface area contributed by atoms with E-state index in [1.54, 1.807) is 6.07 Å². The molecule has 2 aromatic rings. The number of nitrogens with one attached hydrogen (secondary N) is 1. The fourth-order valence-electron chi connectivity index (χ4n) is 1.20. The van der Waals surface area contributed by atoms with Crippen molar-refractivity contribution in [3.8, 4) is 0 Å². The van der Waals surface area contributed by atoms with Gasteiger partial charge in [0.25, 0.3) is 0 Å². The van der Waals surface area contributed by atoms with Crippen LogP contribution in [0, 0.1) is 6.92 Å². The molecule has 0 saturated carbocycles. The predicted octanol–water partition coefficient (Wildman–Crippen LogP) is 2.29. The third kappa shape index (κ3) is 2.17. The number of anilines is 2. The Morgan fingerprint density at radius 1 is 1.56 bits per heavy atom. The van der Waals surface area contributed by atoms with Crippen LogP contribution < -0.4 is 5.32 Å². The Hall–Kier alpha value is -1.95. The lowest BCUT2D eigenvalue weighted by Crippen LogP contribution is -2.03. The molecule has 2 aromatic heterocycles. The molecule has 0 amide bonds. The van der Waals surface area contributed by atoms with Crippen LogP contribution in [0.15, 0.2) is 23.8 Å². The van der Waals surface area contributed by atoms with E-state index in [0.717, 1.165) is 5.69 Å². The molecule has 16 heavy (non-hydrogen) atoms. The van der Waals surface area contributed by atoms with Gasteiger partial charge in [-0.05, 0) is 13.0 Å². The SMILES string of the molecule is Cc1csc(Nc2ccncc2C(=O)O)n1. The lowest BCUT2D eigenvalue weighted by atomic mass is 10.2. The van der Waals surface area contributed by atoms with E-state index in [4.69, 9.17) is 5.11 Å². The molecular formula is C10H9N3O2S. The summed E-state index contributed by atoms with van der Waals surface area (Å²) >= 11 is 1.43. The topological polar surface area (TPSA) is 75.1 Å². The molecule has 0 bridgehead atoms. The molecule has 0 radical (unpaired) electrons. The minimum atomic E-state index is -1.01. The van der Waals surface area contributed by atoms with Crippen molar-refractivity contribution in [1.82, 2.24) is 9.97 Å². The number of aromatic nitrogens is 2. The van der Waals surface area contributed by atoms with Crippen molar-refractivity contribution in [2.24, 2.45) is 0 Å². The number of carboxylic acid groups (broad SMARTS) is 1. The van der Waals surface area contributed by atoms with Crippen molar-refractivity contribution in [3.63, 3.8) is 0 Å². The Morgan fingerprint density at radius 2 is 2.38 bits per heavy atom. The Kier molecular flexibility index (Phi) is 2.82. The average molecular weight is 235 g/mol. The summed E-state index contributed by atoms with van der Waals surface area (Å²) in [7, 11) is 0. The first-order chi connectivity index (χ1) is 7.66. The number of carbonyl (C=O) groups is 1. The standard InChI is InChI=1S/C10H9N3O2S/c1-6-5-16-10(12-6)13-8-2-3-11-4-7(8)9(14)15/h2-5H,1H3,(H,14,15)(H,11,12,13). The summed E-state index contributed by atoms with van der Waals surface area (Å²) in [5, 5.41) is 14.5. The number of nitrogens with zero attached hydrogens (tertiary/aromatic N) is 2. The fourth-order valence-corrected chi connectivity index (χ4v) is 1.90. The molecule has 0 aliphatic heterocycles. The molecule has 0 fully saturated rings. The van der Waals surface area contributed by atoms with Crippen LogP contribution in [0.1, 0.15) is 16.1 Å². The molecule has 0 aliphatic carbocycles. The molecular weight excluding hydrogens is 226 g/mol. The second-order valence-corrected chi connectivity index (χ2v) is 4.00. The maximum atomic E-state index is 10.9. The van der Waals surface area contributed by atoms with Gasteiger partial charge in [0.05, 0.1) is 11.4 Å². The van der Waals surface area contributed by atoms with Crippen LogP contribution in [0.25, 0.3) is 0 Å². The second kappa shape index (κ2) is 4.28. The van der Waals surface area contributed by atoms with Crippen LogP contribution in [-0.4, -0.2) is 21.0 Å². The van der Waals surface area contributed by atoms with E-state index in [1.165, 1.54) is 23.7 Å². The zero-order chi connectivity index (χ0) is 11.5. The highest BCUT2D eigenvalue weighted by molar-refractivity contribution is 7.13. The Morgan fingerprint density at radius 3 is 3.00 bits per heavy atom. The molecule has 0 aromatic carbocycles. The highest BCUT2D eigenvalue weighted by Crippen LogP contribution is 2.22. The number of pyridine rings is 1. The van der Waals surface area contributed by atoms with Gasteiger partial charge in [0.15, 0.2) is 5.13 Å². The van der Waals surface area contributed by atoms with Crippen molar-refractivity contribution >= 4 is 28.1 Å². The first-order valence-electron chi connectivity index (χ1n) is 4.53. The van der Waals surface area contributed by atoms with Gasteiger partial charge in [-0.25, -0.2) is 9.78 Å². The third-order valence-corrected chi connectivity index (χ3v) is 2.79. The molecule has 2 heterocycles. The van der Waals surface area contributed by atoms with Crippen molar-refractivity contribution in [2.75, 3.05) is 5.32 Å². The van der Waals surface area contributed by atoms with Gasteiger partial charge in [-0.15, -0.1) is 11.3 Å². The van der Waals surface area contributed by atoms with Gasteiger partial charge in [0, 0.05) is 17.8 Å². The number of carboxylic acids is 1. The summed E-state index contributed by atoms with van der Waals surface area (Å²) in [5.41, 5.74) is 1.53. The molecule has 0 atom stereocenters. The van der Waals surface area contributed by atoms with Crippen LogP contribution in [0.3, 0.4) is 0 Å². The van der Waals surface area contributed by atoms with Crippen molar-refractivity contribution in [2.45, 2.75) is 6.92 Å². The summed E-state index contributed by atoms with van der Waals surface area (Å²) in [6.45, 7) is 1.88. The van der Waals surface area contributed by atoms with E-state index < -0.39 is 5.97 Å². The minimum absolute atomic E-state index is 0.135. The van der Waals surface area contributed by atoms with Crippen LogP contribution in [0.4, 0.5) is 10.8 Å². The third-order valence-electron chi connectivity index (χ3n) is 1.91. The average Bonchev–Trinajstić information content (AvgIpc) is 2.64. The van der Waals surface area contributed by atoms with Gasteiger partial charge in [-0.1, -0.05) is 0 Å². The van der Waals surface area contributed by atoms with E-state index >= 15 is 0 Å². The number of hydrogen-bond acceptors (Lipinski definition) is 5. The Bertz CT molecular complexity index is 524. The molecule has 6 heteroatoms. The summed E-state index contributed by atoms with van der Waals surface area (Å²) in [6.07, 6.45) is 2.85. The molecule has 2 rings (SSSR count). The Balaban J connectivity index is 2.31. The maximum absolute atomic E-state index is 10.9. The highest BCUT2D eigenvalue weighted by Gasteiger charge is 2.10. The van der Waals surface area contributed by atoms with Gasteiger partial charge < -0.3 is 10.4 Å². The van der Waals surface area contributed by atoms with Gasteiger partial charge in [-0.2, -0.15) is 0 Å². The zero-order valence-corrected chi connectivity index (χ0v) is 9.28. The van der Waals surface area contributed by atoms with E-state index in [9.17, 15) is 4.79 Å². The molecule has 2 N–H and O–H groups in total. The molecule has 0 aliphatic rings. The van der Waals surface area contributed by atoms with E-state index in [2.05, 4.69) is 15.3 Å². The molecule has 5 nitrogen and oxygen atoms in total.